The summed E-state index contributed by atoms with van der Waals surface area (Å²) in [5.74, 6) is 0.188. The van der Waals surface area contributed by atoms with Crippen molar-refractivity contribution in [1.82, 2.24) is 0 Å². The van der Waals surface area contributed by atoms with Gasteiger partial charge in [0.05, 0.1) is 17.0 Å². The van der Waals surface area contributed by atoms with Crippen molar-refractivity contribution >= 4 is 35.4 Å². The predicted molar refractivity (Wildman–Crippen MR) is 101 cm³/mol. The molecule has 2 aromatic carbocycles. The Hall–Kier alpha value is -2.37. The monoisotopic (exact) mass is 376 g/mol. The predicted octanol–water partition coefficient (Wildman–Crippen LogP) is 5.16. The molecule has 4 nitrogen and oxygen atoms in total. The normalized spacial score (nSPS) is 10.6. The Morgan fingerprint density at radius 2 is 2.08 bits per heavy atom. The van der Waals surface area contributed by atoms with E-state index in [9.17, 15) is 4.79 Å². The highest BCUT2D eigenvalue weighted by molar-refractivity contribution is 7.99. The zero-order valence-electron chi connectivity index (χ0n) is 13.6. The second kappa shape index (κ2) is 9.20. The number of hydrogen-bond acceptors (Lipinski definition) is 4. The Labute approximate surface area is 155 Å². The second-order valence-corrected chi connectivity index (χ2v) is 6.36. The molecular formula is C19H17ClO4S. The molecule has 0 aliphatic heterocycles. The number of carbonyl (C=O) groups is 1. The first-order valence-corrected chi connectivity index (χ1v) is 8.53. The van der Waals surface area contributed by atoms with Crippen LogP contribution in [0.1, 0.15) is 5.56 Å². The summed E-state index contributed by atoms with van der Waals surface area (Å²) in [6, 6.07) is 11.2. The summed E-state index contributed by atoms with van der Waals surface area (Å²) < 4.78 is 11.0. The van der Waals surface area contributed by atoms with E-state index in [4.69, 9.17) is 26.2 Å². The van der Waals surface area contributed by atoms with Crippen molar-refractivity contribution < 1.29 is 19.4 Å². The molecule has 0 spiro atoms. The molecule has 0 aliphatic rings. The third-order valence-electron chi connectivity index (χ3n) is 3.11. The van der Waals surface area contributed by atoms with Crippen LogP contribution in [0.25, 0.3) is 6.08 Å². The van der Waals surface area contributed by atoms with Crippen LogP contribution >= 0.6 is 23.4 Å². The third kappa shape index (κ3) is 5.31. The van der Waals surface area contributed by atoms with Crippen LogP contribution in [0.2, 0.25) is 5.02 Å². The fourth-order valence-electron chi connectivity index (χ4n) is 2.04. The van der Waals surface area contributed by atoms with Gasteiger partial charge in [0.15, 0.2) is 0 Å². The smallest absolute Gasteiger partial charge is 0.328 e. The molecular weight excluding hydrogens is 360 g/mol. The van der Waals surface area contributed by atoms with E-state index >= 15 is 0 Å². The average Bonchev–Trinajstić information content (AvgIpc) is 2.59. The summed E-state index contributed by atoms with van der Waals surface area (Å²) in [4.78, 5) is 12.6. The maximum Gasteiger partial charge on any atom is 0.328 e. The van der Waals surface area contributed by atoms with Gasteiger partial charge in [0, 0.05) is 16.5 Å². The van der Waals surface area contributed by atoms with E-state index in [1.54, 1.807) is 19.3 Å². The van der Waals surface area contributed by atoms with Crippen molar-refractivity contribution in [3.05, 3.63) is 65.7 Å². The van der Waals surface area contributed by atoms with Crippen molar-refractivity contribution in [2.24, 2.45) is 0 Å². The molecule has 0 heterocycles. The first kappa shape index (κ1) is 19.0. The topological polar surface area (TPSA) is 55.8 Å². The van der Waals surface area contributed by atoms with Crippen LogP contribution < -0.4 is 9.47 Å². The number of halogens is 1. The first-order valence-electron chi connectivity index (χ1n) is 7.34. The average molecular weight is 377 g/mol. The van der Waals surface area contributed by atoms with Crippen LogP contribution in [-0.2, 0) is 4.79 Å². The summed E-state index contributed by atoms with van der Waals surface area (Å²) in [5.41, 5.74) is 0.510. The van der Waals surface area contributed by atoms with Crippen LogP contribution in [0, 0.1) is 0 Å². The van der Waals surface area contributed by atoms with E-state index in [1.165, 1.54) is 17.8 Å². The van der Waals surface area contributed by atoms with E-state index < -0.39 is 5.97 Å². The number of hydrogen-bond donors (Lipinski definition) is 1. The van der Waals surface area contributed by atoms with E-state index in [0.29, 0.717) is 16.3 Å². The van der Waals surface area contributed by atoms with E-state index in [-0.39, 0.29) is 6.61 Å². The minimum absolute atomic E-state index is 0.285. The molecule has 2 rings (SSSR count). The van der Waals surface area contributed by atoms with Gasteiger partial charge in [-0.1, -0.05) is 48.2 Å². The Balaban J connectivity index is 2.41. The Bertz CT molecular complexity index is 802. The van der Waals surface area contributed by atoms with E-state index in [2.05, 4.69) is 6.58 Å². The Kier molecular flexibility index (Phi) is 6.98. The number of rotatable bonds is 8. The highest BCUT2D eigenvalue weighted by Crippen LogP contribution is 2.40. The SMILES string of the molecule is C=CCOc1cc(Sc2ccccc2OC)cc(Cl)c1/C=C/C(=O)O. The number of benzene rings is 2. The molecule has 0 fully saturated rings. The molecule has 0 atom stereocenters. The molecule has 2 aromatic rings. The first-order chi connectivity index (χ1) is 12.0. The van der Waals surface area contributed by atoms with Gasteiger partial charge in [0.25, 0.3) is 0 Å². The van der Waals surface area contributed by atoms with Gasteiger partial charge in [0.2, 0.25) is 0 Å². The quantitative estimate of drug-likeness (QED) is 0.509. The molecule has 0 bridgehead atoms. The molecule has 0 saturated carbocycles. The van der Waals surface area contributed by atoms with Crippen molar-refractivity contribution in [3.8, 4) is 11.5 Å². The molecule has 0 radical (unpaired) electrons. The molecule has 1 N–H and O–H groups in total. The highest BCUT2D eigenvalue weighted by Gasteiger charge is 2.12. The van der Waals surface area contributed by atoms with Crippen LogP contribution in [0.5, 0.6) is 11.5 Å². The zero-order chi connectivity index (χ0) is 18.2. The largest absolute Gasteiger partial charge is 0.496 e. The van der Waals surface area contributed by atoms with Crippen LogP contribution in [0.4, 0.5) is 0 Å². The summed E-state index contributed by atoms with van der Waals surface area (Å²) in [6.07, 6.45) is 4.05. The van der Waals surface area contributed by atoms with E-state index in [1.807, 2.05) is 30.3 Å². The van der Waals surface area contributed by atoms with Gasteiger partial charge < -0.3 is 14.6 Å². The molecule has 0 aliphatic carbocycles. The lowest BCUT2D eigenvalue weighted by Crippen LogP contribution is -1.97. The Morgan fingerprint density at radius 1 is 1.32 bits per heavy atom. The molecule has 0 aromatic heterocycles. The van der Waals surface area contributed by atoms with Gasteiger partial charge in [-0.05, 0) is 30.3 Å². The minimum atomic E-state index is -1.06. The summed E-state index contributed by atoms with van der Waals surface area (Å²) in [7, 11) is 1.62. The highest BCUT2D eigenvalue weighted by atomic mass is 35.5. The van der Waals surface area contributed by atoms with Gasteiger partial charge in [-0.15, -0.1) is 0 Å². The fraction of sp³-hybridized carbons (Fsp3) is 0.105. The van der Waals surface area contributed by atoms with Gasteiger partial charge in [-0.3, -0.25) is 0 Å². The maximum atomic E-state index is 10.8. The lowest BCUT2D eigenvalue weighted by molar-refractivity contribution is -0.131. The number of ether oxygens (including phenoxy) is 2. The Morgan fingerprint density at radius 3 is 2.76 bits per heavy atom. The number of carboxylic acid groups (broad SMARTS) is 1. The molecule has 6 heteroatoms. The molecule has 0 unspecified atom stereocenters. The van der Waals surface area contributed by atoms with Crippen LogP contribution in [0.3, 0.4) is 0 Å². The third-order valence-corrected chi connectivity index (χ3v) is 4.45. The minimum Gasteiger partial charge on any atom is -0.496 e. The van der Waals surface area contributed by atoms with E-state index in [0.717, 1.165) is 21.6 Å². The lowest BCUT2D eigenvalue weighted by atomic mass is 10.2. The summed E-state index contributed by atoms with van der Waals surface area (Å²) in [6.45, 7) is 3.91. The van der Waals surface area contributed by atoms with Gasteiger partial charge in [0.1, 0.15) is 18.1 Å². The van der Waals surface area contributed by atoms with Gasteiger partial charge in [-0.25, -0.2) is 4.79 Å². The summed E-state index contributed by atoms with van der Waals surface area (Å²) >= 11 is 7.82. The number of para-hydroxylation sites is 1. The molecule has 25 heavy (non-hydrogen) atoms. The van der Waals surface area contributed by atoms with Crippen LogP contribution in [-0.4, -0.2) is 24.8 Å². The van der Waals surface area contributed by atoms with Crippen molar-refractivity contribution in [1.29, 1.82) is 0 Å². The fourth-order valence-corrected chi connectivity index (χ4v) is 3.38. The number of carboxylic acids is 1. The van der Waals surface area contributed by atoms with Crippen molar-refractivity contribution in [3.63, 3.8) is 0 Å². The van der Waals surface area contributed by atoms with Gasteiger partial charge in [-0.2, -0.15) is 0 Å². The standard InChI is InChI=1S/C19H17ClO4S/c1-3-10-24-17-12-13(11-15(20)14(17)8-9-19(21)22)25-18-7-5-4-6-16(18)23-2/h3-9,11-12H,1,10H2,2H3,(H,21,22)/b9-8+. The molecule has 0 saturated heterocycles. The summed E-state index contributed by atoms with van der Waals surface area (Å²) in [5, 5.41) is 9.23. The maximum absolute atomic E-state index is 10.8. The van der Waals surface area contributed by atoms with Crippen molar-refractivity contribution in [2.45, 2.75) is 9.79 Å². The second-order valence-electron chi connectivity index (χ2n) is 4.84. The lowest BCUT2D eigenvalue weighted by Gasteiger charge is -2.13. The zero-order valence-corrected chi connectivity index (χ0v) is 15.1. The van der Waals surface area contributed by atoms with Crippen molar-refractivity contribution in [2.75, 3.05) is 13.7 Å². The molecule has 130 valence electrons. The van der Waals surface area contributed by atoms with Crippen LogP contribution in [0.15, 0.2) is 64.9 Å². The van der Waals surface area contributed by atoms with Gasteiger partial charge >= 0.3 is 5.97 Å². The number of methoxy groups -OCH3 is 1. The molecule has 0 amide bonds. The number of aliphatic carboxylic acids is 1.